The summed E-state index contributed by atoms with van der Waals surface area (Å²) in [5.41, 5.74) is 2.95. The van der Waals surface area contributed by atoms with E-state index in [0.29, 0.717) is 42.5 Å². The van der Waals surface area contributed by atoms with Gasteiger partial charge in [0.25, 0.3) is 0 Å². The lowest BCUT2D eigenvalue weighted by Gasteiger charge is -2.29. The standard InChI is InChI=1S/C24H28N6O3S/c1-34(31)12-7-29(8-13-34)23-3-2-19(16-26-23)22-14-21(18-30-24(22)20(15-25)17-27-30)33-11-6-28-4-9-32-10-5-28/h2-3,14,16-18H,1,4-13H2. The van der Waals surface area contributed by atoms with Gasteiger partial charge >= 0.3 is 0 Å². The van der Waals surface area contributed by atoms with E-state index in [4.69, 9.17) is 9.47 Å². The van der Waals surface area contributed by atoms with Gasteiger partial charge in [-0.05, 0) is 33.6 Å². The van der Waals surface area contributed by atoms with Gasteiger partial charge in [-0.15, -0.1) is 0 Å². The fraction of sp³-hybridized carbons (Fsp3) is 0.417. The number of hydrogen-bond donors (Lipinski definition) is 0. The van der Waals surface area contributed by atoms with E-state index in [2.05, 4.69) is 31.8 Å². The Kier molecular flexibility index (Phi) is 6.41. The summed E-state index contributed by atoms with van der Waals surface area (Å²) in [5, 5.41) is 14.0. The second-order valence-corrected chi connectivity index (χ2v) is 11.4. The number of nitriles is 1. The zero-order chi connectivity index (χ0) is 23.5. The highest BCUT2D eigenvalue weighted by Gasteiger charge is 2.19. The van der Waals surface area contributed by atoms with Crippen LogP contribution in [-0.2, 0) is 14.3 Å². The van der Waals surface area contributed by atoms with Gasteiger partial charge in [-0.3, -0.25) is 9.11 Å². The number of ether oxygens (including phenoxy) is 2. The van der Waals surface area contributed by atoms with Gasteiger partial charge in [0.15, 0.2) is 0 Å². The van der Waals surface area contributed by atoms with Gasteiger partial charge < -0.3 is 14.4 Å². The van der Waals surface area contributed by atoms with E-state index in [1.54, 1.807) is 10.7 Å². The van der Waals surface area contributed by atoms with Crippen LogP contribution in [0, 0.1) is 11.3 Å². The topological polar surface area (TPSA) is 96.0 Å². The minimum Gasteiger partial charge on any atom is -0.491 e. The van der Waals surface area contributed by atoms with E-state index in [0.717, 1.165) is 55.3 Å². The molecule has 0 spiro atoms. The number of aromatic nitrogens is 3. The summed E-state index contributed by atoms with van der Waals surface area (Å²) in [7, 11) is -1.95. The normalized spacial score (nSPS) is 18.6. The van der Waals surface area contributed by atoms with Gasteiger partial charge in [0, 0.05) is 61.6 Å². The van der Waals surface area contributed by atoms with Gasteiger partial charge in [0.1, 0.15) is 24.2 Å². The molecule has 0 aliphatic carbocycles. The van der Waals surface area contributed by atoms with Crippen molar-refractivity contribution in [2.45, 2.75) is 0 Å². The predicted octanol–water partition coefficient (Wildman–Crippen LogP) is 1.52. The molecule has 0 bridgehead atoms. The van der Waals surface area contributed by atoms with Crippen LogP contribution in [0.5, 0.6) is 5.75 Å². The summed E-state index contributed by atoms with van der Waals surface area (Å²) < 4.78 is 25.3. The molecule has 0 amide bonds. The molecular weight excluding hydrogens is 452 g/mol. The fourth-order valence-corrected chi connectivity index (χ4v) is 5.63. The van der Waals surface area contributed by atoms with Crippen molar-refractivity contribution < 1.29 is 13.7 Å². The Hall–Kier alpha value is -3.13. The van der Waals surface area contributed by atoms with E-state index >= 15 is 0 Å². The highest BCUT2D eigenvalue weighted by molar-refractivity contribution is 8.00. The zero-order valence-corrected chi connectivity index (χ0v) is 19.9. The lowest BCUT2D eigenvalue weighted by atomic mass is 10.1. The molecule has 9 nitrogen and oxygen atoms in total. The Morgan fingerprint density at radius 1 is 1.18 bits per heavy atom. The first-order chi connectivity index (χ1) is 16.5. The van der Waals surface area contributed by atoms with Crippen molar-refractivity contribution in [1.29, 1.82) is 5.26 Å². The van der Waals surface area contributed by atoms with Crippen LogP contribution in [0.2, 0.25) is 0 Å². The maximum absolute atomic E-state index is 12.2. The molecule has 2 fully saturated rings. The first-order valence-electron chi connectivity index (χ1n) is 11.4. The van der Waals surface area contributed by atoms with Crippen molar-refractivity contribution in [2.24, 2.45) is 0 Å². The average Bonchev–Trinajstić information content (AvgIpc) is 3.28. The predicted molar refractivity (Wildman–Crippen MR) is 133 cm³/mol. The highest BCUT2D eigenvalue weighted by atomic mass is 32.2. The van der Waals surface area contributed by atoms with Crippen LogP contribution in [0.4, 0.5) is 5.82 Å². The quantitative estimate of drug-likeness (QED) is 0.490. The number of pyridine rings is 2. The SMILES string of the molecule is C=S1(=O)CCN(c2ccc(-c3cc(OCCN4CCOCC4)cn4ncc(C#N)c34)cn2)CC1. The highest BCUT2D eigenvalue weighted by Crippen LogP contribution is 2.31. The van der Waals surface area contributed by atoms with Gasteiger partial charge in [-0.2, -0.15) is 10.4 Å². The lowest BCUT2D eigenvalue weighted by molar-refractivity contribution is 0.0322. The van der Waals surface area contributed by atoms with E-state index in [1.165, 1.54) is 0 Å². The Labute approximate surface area is 199 Å². The molecule has 0 saturated carbocycles. The van der Waals surface area contributed by atoms with E-state index in [9.17, 15) is 9.47 Å². The number of hydrogen-bond acceptors (Lipinski definition) is 8. The second-order valence-electron chi connectivity index (χ2n) is 8.62. The van der Waals surface area contributed by atoms with Crippen molar-refractivity contribution in [1.82, 2.24) is 19.5 Å². The third-order valence-corrected chi connectivity index (χ3v) is 8.19. The number of rotatable bonds is 6. The Morgan fingerprint density at radius 2 is 1.97 bits per heavy atom. The molecule has 0 unspecified atom stereocenters. The number of nitrogens with zero attached hydrogens (tertiary/aromatic N) is 6. The first-order valence-corrected chi connectivity index (χ1v) is 13.5. The van der Waals surface area contributed by atoms with E-state index in [-0.39, 0.29) is 0 Å². The first kappa shape index (κ1) is 22.7. The van der Waals surface area contributed by atoms with Crippen molar-refractivity contribution in [3.8, 4) is 22.9 Å². The molecule has 5 rings (SSSR count). The minimum absolute atomic E-state index is 0.500. The molecule has 2 aliphatic rings. The molecule has 10 heteroatoms. The summed E-state index contributed by atoms with van der Waals surface area (Å²) in [4.78, 5) is 9.12. The van der Waals surface area contributed by atoms with Gasteiger partial charge in [-0.25, -0.2) is 9.50 Å². The van der Waals surface area contributed by atoms with Crippen LogP contribution in [0.1, 0.15) is 5.56 Å². The zero-order valence-electron chi connectivity index (χ0n) is 19.1. The summed E-state index contributed by atoms with van der Waals surface area (Å²) in [5.74, 6) is 6.54. The summed E-state index contributed by atoms with van der Waals surface area (Å²) in [6, 6.07) is 8.15. The number of anilines is 1. The molecule has 2 aliphatic heterocycles. The van der Waals surface area contributed by atoms with Crippen LogP contribution in [0.15, 0.2) is 36.8 Å². The van der Waals surface area contributed by atoms with Crippen LogP contribution in [-0.4, -0.2) is 93.6 Å². The Balaban J connectivity index is 1.38. The molecule has 5 heterocycles. The smallest absolute Gasteiger partial charge is 0.138 e. The van der Waals surface area contributed by atoms with Crippen molar-refractivity contribution in [3.63, 3.8) is 0 Å². The molecule has 0 N–H and O–H groups in total. The van der Waals surface area contributed by atoms with Crippen LogP contribution >= 0.6 is 0 Å². The third-order valence-electron chi connectivity index (χ3n) is 6.34. The molecule has 3 aromatic heterocycles. The maximum Gasteiger partial charge on any atom is 0.138 e. The number of fused-ring (bicyclic) bond motifs is 1. The van der Waals surface area contributed by atoms with E-state index < -0.39 is 9.52 Å². The van der Waals surface area contributed by atoms with Crippen LogP contribution < -0.4 is 9.64 Å². The summed E-state index contributed by atoms with van der Waals surface area (Å²) >= 11 is 0. The van der Waals surface area contributed by atoms with Crippen molar-refractivity contribution >= 4 is 26.7 Å². The molecule has 0 atom stereocenters. The molecule has 0 radical (unpaired) electrons. The largest absolute Gasteiger partial charge is 0.491 e. The monoisotopic (exact) mass is 480 g/mol. The molecule has 178 valence electrons. The van der Waals surface area contributed by atoms with Gasteiger partial charge in [0.2, 0.25) is 0 Å². The molecule has 34 heavy (non-hydrogen) atoms. The fourth-order valence-electron chi connectivity index (χ4n) is 4.32. The lowest BCUT2D eigenvalue weighted by Crippen LogP contribution is -2.40. The molecular formula is C24H28N6O3S. The minimum atomic E-state index is -1.95. The van der Waals surface area contributed by atoms with Gasteiger partial charge in [0.05, 0.1) is 36.7 Å². The maximum atomic E-state index is 12.2. The summed E-state index contributed by atoms with van der Waals surface area (Å²) in [6.07, 6.45) is 5.19. The second kappa shape index (κ2) is 9.62. The number of morpholine rings is 1. The summed E-state index contributed by atoms with van der Waals surface area (Å²) in [6.45, 7) is 6.10. The third kappa shape index (κ3) is 4.87. The van der Waals surface area contributed by atoms with Crippen LogP contribution in [0.3, 0.4) is 0 Å². The van der Waals surface area contributed by atoms with Crippen molar-refractivity contribution in [2.75, 3.05) is 69.0 Å². The Bertz CT molecular complexity index is 1290. The molecule has 2 saturated heterocycles. The van der Waals surface area contributed by atoms with Gasteiger partial charge in [-0.1, -0.05) is 0 Å². The molecule has 3 aromatic rings. The van der Waals surface area contributed by atoms with Crippen LogP contribution in [0.25, 0.3) is 16.6 Å². The van der Waals surface area contributed by atoms with E-state index in [1.807, 2.05) is 30.6 Å². The molecule has 0 aromatic carbocycles. The Morgan fingerprint density at radius 3 is 2.68 bits per heavy atom. The van der Waals surface area contributed by atoms with Crippen molar-refractivity contribution in [3.05, 3.63) is 42.4 Å². The average molecular weight is 481 g/mol.